The molecule has 0 aliphatic carbocycles. The van der Waals surface area contributed by atoms with E-state index in [4.69, 9.17) is 16.7 Å². The third kappa shape index (κ3) is 3.46. The number of carbonyl (C=O) groups is 1. The minimum atomic E-state index is -1.06. The van der Waals surface area contributed by atoms with Crippen LogP contribution in [0.2, 0.25) is 5.02 Å². The maximum absolute atomic E-state index is 11.2. The zero-order valence-electron chi connectivity index (χ0n) is 9.32. The molecular formula is C12H7Br2ClN2O2. The first kappa shape index (κ1) is 14.3. The van der Waals surface area contributed by atoms with Crippen LogP contribution in [0.15, 0.2) is 39.4 Å². The van der Waals surface area contributed by atoms with Gasteiger partial charge in [0.05, 0.1) is 5.02 Å². The van der Waals surface area contributed by atoms with Gasteiger partial charge >= 0.3 is 5.97 Å². The predicted octanol–water partition coefficient (Wildman–Crippen LogP) is 4.70. The molecule has 0 amide bonds. The van der Waals surface area contributed by atoms with Crippen molar-refractivity contribution in [3.63, 3.8) is 0 Å². The second-order valence-electron chi connectivity index (χ2n) is 3.61. The van der Waals surface area contributed by atoms with E-state index in [9.17, 15) is 4.79 Å². The van der Waals surface area contributed by atoms with Gasteiger partial charge in [0.15, 0.2) is 0 Å². The maximum atomic E-state index is 11.2. The van der Waals surface area contributed by atoms with Crippen LogP contribution in [0.3, 0.4) is 0 Å². The van der Waals surface area contributed by atoms with Gasteiger partial charge < -0.3 is 10.4 Å². The van der Waals surface area contributed by atoms with Crippen molar-refractivity contribution in [1.29, 1.82) is 0 Å². The number of nitrogens with zero attached hydrogens (tertiary/aromatic N) is 1. The van der Waals surface area contributed by atoms with Crippen molar-refractivity contribution in [2.24, 2.45) is 0 Å². The zero-order valence-corrected chi connectivity index (χ0v) is 13.3. The van der Waals surface area contributed by atoms with Crippen molar-refractivity contribution in [2.45, 2.75) is 0 Å². The highest BCUT2D eigenvalue weighted by atomic mass is 79.9. The van der Waals surface area contributed by atoms with Crippen LogP contribution < -0.4 is 5.32 Å². The SMILES string of the molecule is O=C(O)c1cc(Br)cnc1Nc1ccc(Br)c(Cl)c1. The molecule has 1 aromatic carbocycles. The van der Waals surface area contributed by atoms with Crippen LogP contribution >= 0.6 is 43.5 Å². The number of nitrogens with one attached hydrogen (secondary N) is 1. The van der Waals surface area contributed by atoms with Gasteiger partial charge in [0.2, 0.25) is 0 Å². The van der Waals surface area contributed by atoms with E-state index < -0.39 is 5.97 Å². The van der Waals surface area contributed by atoms with E-state index in [1.807, 2.05) is 0 Å². The molecule has 1 heterocycles. The molecule has 2 N–H and O–H groups in total. The molecule has 2 rings (SSSR count). The van der Waals surface area contributed by atoms with Gasteiger partial charge in [0.25, 0.3) is 0 Å². The minimum absolute atomic E-state index is 0.0772. The normalized spacial score (nSPS) is 10.3. The van der Waals surface area contributed by atoms with Gasteiger partial charge in [-0.1, -0.05) is 11.6 Å². The summed E-state index contributed by atoms with van der Waals surface area (Å²) in [7, 11) is 0. The standard InChI is InChI=1S/C12H7Br2ClN2O2/c13-6-3-8(12(18)19)11(16-5-6)17-7-1-2-9(14)10(15)4-7/h1-5H,(H,16,17)(H,18,19). The first-order chi connectivity index (χ1) is 8.97. The summed E-state index contributed by atoms with van der Waals surface area (Å²) in [6.45, 7) is 0. The lowest BCUT2D eigenvalue weighted by atomic mass is 10.2. The van der Waals surface area contributed by atoms with E-state index in [0.29, 0.717) is 15.2 Å². The Bertz CT molecular complexity index is 650. The third-order valence-electron chi connectivity index (χ3n) is 2.27. The maximum Gasteiger partial charge on any atom is 0.339 e. The molecule has 0 aliphatic rings. The molecule has 0 unspecified atom stereocenters. The fraction of sp³-hybridized carbons (Fsp3) is 0. The summed E-state index contributed by atoms with van der Waals surface area (Å²) in [6.07, 6.45) is 1.52. The fourth-order valence-corrected chi connectivity index (χ4v) is 2.17. The second kappa shape index (κ2) is 5.90. The van der Waals surface area contributed by atoms with E-state index >= 15 is 0 Å². The Kier molecular flexibility index (Phi) is 4.44. The highest BCUT2D eigenvalue weighted by molar-refractivity contribution is 9.10. The average molecular weight is 406 g/mol. The van der Waals surface area contributed by atoms with E-state index in [0.717, 1.165) is 4.47 Å². The van der Waals surface area contributed by atoms with Gasteiger partial charge in [-0.25, -0.2) is 9.78 Å². The van der Waals surface area contributed by atoms with Crippen molar-refractivity contribution in [3.05, 3.63) is 50.0 Å². The molecule has 1 aromatic heterocycles. The Hall–Kier alpha value is -1.11. The van der Waals surface area contributed by atoms with Gasteiger partial charge in [-0.05, 0) is 56.1 Å². The average Bonchev–Trinajstić information content (AvgIpc) is 2.36. The number of halogens is 3. The molecule has 0 spiro atoms. The van der Waals surface area contributed by atoms with Crippen LogP contribution in [-0.2, 0) is 0 Å². The molecule has 0 saturated carbocycles. The predicted molar refractivity (Wildman–Crippen MR) is 81.3 cm³/mol. The van der Waals surface area contributed by atoms with Crippen molar-refractivity contribution >= 4 is 60.9 Å². The van der Waals surface area contributed by atoms with Crippen LogP contribution in [0.5, 0.6) is 0 Å². The van der Waals surface area contributed by atoms with Crippen LogP contribution in [0.4, 0.5) is 11.5 Å². The molecule has 0 saturated heterocycles. The lowest BCUT2D eigenvalue weighted by Gasteiger charge is -2.09. The molecule has 4 nitrogen and oxygen atoms in total. The number of rotatable bonds is 3. The molecule has 19 heavy (non-hydrogen) atoms. The molecule has 0 bridgehead atoms. The van der Waals surface area contributed by atoms with E-state index in [1.165, 1.54) is 12.3 Å². The first-order valence-electron chi connectivity index (χ1n) is 5.08. The molecule has 0 atom stereocenters. The third-order valence-corrected chi connectivity index (χ3v) is 3.93. The fourth-order valence-electron chi connectivity index (χ4n) is 1.41. The van der Waals surface area contributed by atoms with Crippen molar-refractivity contribution in [1.82, 2.24) is 4.98 Å². The summed E-state index contributed by atoms with van der Waals surface area (Å²) < 4.78 is 1.37. The summed E-state index contributed by atoms with van der Waals surface area (Å²) in [5, 5.41) is 12.6. The van der Waals surface area contributed by atoms with Crippen molar-refractivity contribution in [2.75, 3.05) is 5.32 Å². The highest BCUT2D eigenvalue weighted by Crippen LogP contribution is 2.28. The number of benzene rings is 1. The topological polar surface area (TPSA) is 62.2 Å². The summed E-state index contributed by atoms with van der Waals surface area (Å²) in [6, 6.07) is 6.70. The summed E-state index contributed by atoms with van der Waals surface area (Å²) in [4.78, 5) is 15.2. The smallest absolute Gasteiger partial charge is 0.339 e. The lowest BCUT2D eigenvalue weighted by molar-refractivity contribution is 0.0697. The molecule has 2 aromatic rings. The Labute approximate surface area is 131 Å². The number of aromatic nitrogens is 1. The number of hydrogen-bond donors (Lipinski definition) is 2. The van der Waals surface area contributed by atoms with Gasteiger partial charge in [-0.15, -0.1) is 0 Å². The largest absolute Gasteiger partial charge is 0.478 e. The van der Waals surface area contributed by atoms with Crippen LogP contribution in [-0.4, -0.2) is 16.1 Å². The first-order valence-corrected chi connectivity index (χ1v) is 7.04. The Morgan fingerprint density at radius 1 is 1.32 bits per heavy atom. The Balaban J connectivity index is 2.37. The zero-order chi connectivity index (χ0) is 14.0. The Morgan fingerprint density at radius 2 is 2.05 bits per heavy atom. The number of pyridine rings is 1. The van der Waals surface area contributed by atoms with E-state index in [-0.39, 0.29) is 11.4 Å². The van der Waals surface area contributed by atoms with Crippen molar-refractivity contribution in [3.8, 4) is 0 Å². The summed E-state index contributed by atoms with van der Waals surface area (Å²) in [5.74, 6) is -0.798. The van der Waals surface area contributed by atoms with Gasteiger partial charge in [-0.3, -0.25) is 0 Å². The second-order valence-corrected chi connectivity index (χ2v) is 5.79. The van der Waals surface area contributed by atoms with E-state index in [2.05, 4.69) is 42.2 Å². The van der Waals surface area contributed by atoms with Crippen LogP contribution in [0.25, 0.3) is 0 Å². The molecule has 0 aliphatic heterocycles. The van der Waals surface area contributed by atoms with Gasteiger partial charge in [0, 0.05) is 20.8 Å². The number of aromatic carboxylic acids is 1. The molecule has 0 fully saturated rings. The number of anilines is 2. The summed E-state index contributed by atoms with van der Waals surface area (Å²) >= 11 is 12.5. The molecular weight excluding hydrogens is 399 g/mol. The number of carboxylic acid groups (broad SMARTS) is 1. The molecule has 98 valence electrons. The highest BCUT2D eigenvalue weighted by Gasteiger charge is 2.12. The molecule has 0 radical (unpaired) electrons. The number of hydrogen-bond acceptors (Lipinski definition) is 3. The summed E-state index contributed by atoms with van der Waals surface area (Å²) in [5.41, 5.74) is 0.735. The van der Waals surface area contributed by atoms with Crippen molar-refractivity contribution < 1.29 is 9.90 Å². The van der Waals surface area contributed by atoms with E-state index in [1.54, 1.807) is 18.2 Å². The van der Waals surface area contributed by atoms with Gasteiger partial charge in [-0.2, -0.15) is 0 Å². The van der Waals surface area contributed by atoms with Crippen LogP contribution in [0, 0.1) is 0 Å². The molecule has 7 heteroatoms. The Morgan fingerprint density at radius 3 is 2.68 bits per heavy atom. The lowest BCUT2D eigenvalue weighted by Crippen LogP contribution is -2.04. The van der Waals surface area contributed by atoms with Gasteiger partial charge in [0.1, 0.15) is 11.4 Å². The monoisotopic (exact) mass is 404 g/mol. The number of carboxylic acids is 1. The minimum Gasteiger partial charge on any atom is -0.478 e. The quantitative estimate of drug-likeness (QED) is 0.776. The van der Waals surface area contributed by atoms with Crippen LogP contribution in [0.1, 0.15) is 10.4 Å².